The maximum Gasteiger partial charge on any atom is 0.331 e. The molecule has 128 valence electrons. The van der Waals surface area contributed by atoms with Crippen LogP contribution in [0.15, 0.2) is 11.6 Å². The first-order valence-corrected chi connectivity index (χ1v) is 7.53. The lowest BCUT2D eigenvalue weighted by Gasteiger charge is -2.31. The number of aliphatic carboxylic acids is 1. The molecule has 23 heavy (non-hydrogen) atoms. The third-order valence-corrected chi connectivity index (χ3v) is 3.79. The summed E-state index contributed by atoms with van der Waals surface area (Å²) in [6.07, 6.45) is 2.25. The zero-order valence-electron chi connectivity index (χ0n) is 13.4. The predicted octanol–water partition coefficient (Wildman–Crippen LogP) is -1.66. The van der Waals surface area contributed by atoms with Gasteiger partial charge in [-0.05, 0) is 19.3 Å². The monoisotopic (exact) mass is 326 g/mol. The van der Waals surface area contributed by atoms with Crippen LogP contribution < -0.4 is 10.5 Å². The zero-order chi connectivity index (χ0) is 17.4. The van der Waals surface area contributed by atoms with Crippen molar-refractivity contribution in [1.82, 2.24) is 10.5 Å². The van der Waals surface area contributed by atoms with Crippen molar-refractivity contribution in [3.8, 4) is 0 Å². The molecule has 1 aliphatic rings. The Bertz CT molecular complexity index is 482. The minimum Gasteiger partial charge on any atom is -0.478 e. The van der Waals surface area contributed by atoms with Crippen LogP contribution in [0.25, 0.3) is 0 Å². The summed E-state index contributed by atoms with van der Waals surface area (Å²) in [4.78, 5) is 33.9. The first kappa shape index (κ1) is 19.2. The van der Waals surface area contributed by atoms with Crippen molar-refractivity contribution in [2.75, 3.05) is 13.2 Å². The quantitative estimate of drug-likeness (QED) is 0.376. The summed E-state index contributed by atoms with van der Waals surface area (Å²) >= 11 is 0. The van der Waals surface area contributed by atoms with Crippen molar-refractivity contribution >= 4 is 25.8 Å². The fourth-order valence-corrected chi connectivity index (χ4v) is 2.67. The summed E-state index contributed by atoms with van der Waals surface area (Å²) < 4.78 is 5.54. The van der Waals surface area contributed by atoms with E-state index in [1.165, 1.54) is 14.9 Å². The first-order chi connectivity index (χ1) is 10.9. The Morgan fingerprint density at radius 2 is 2.17 bits per heavy atom. The molecule has 1 unspecified atom stereocenters. The molecule has 1 aliphatic carbocycles. The van der Waals surface area contributed by atoms with Gasteiger partial charge < -0.3 is 25.5 Å². The number of carbonyl (C=O) groups is 3. The molecule has 0 aliphatic heterocycles. The fourth-order valence-electron chi connectivity index (χ4n) is 2.67. The van der Waals surface area contributed by atoms with Crippen molar-refractivity contribution in [1.29, 1.82) is 0 Å². The summed E-state index contributed by atoms with van der Waals surface area (Å²) in [7, 11) is 1.48. The first-order valence-electron chi connectivity index (χ1n) is 7.53. The SMILES string of the molecule is BNC(=O)CO[C@@H](CCO)[C@@H](NC(C)=O)C1C=C(C(=O)O)CC1. The summed E-state index contributed by atoms with van der Waals surface area (Å²) in [6, 6.07) is -0.499. The van der Waals surface area contributed by atoms with Crippen LogP contribution in [-0.4, -0.2) is 61.3 Å². The van der Waals surface area contributed by atoms with Gasteiger partial charge in [-0.25, -0.2) is 4.79 Å². The van der Waals surface area contributed by atoms with Gasteiger partial charge in [-0.15, -0.1) is 0 Å². The number of rotatable bonds is 9. The summed E-state index contributed by atoms with van der Waals surface area (Å²) in [5.41, 5.74) is 0.305. The van der Waals surface area contributed by atoms with E-state index in [1.54, 1.807) is 6.08 Å². The van der Waals surface area contributed by atoms with Crippen LogP contribution in [0.4, 0.5) is 0 Å². The Hall–Kier alpha value is -1.87. The van der Waals surface area contributed by atoms with Crippen LogP contribution >= 0.6 is 0 Å². The van der Waals surface area contributed by atoms with Gasteiger partial charge in [0.05, 0.1) is 12.1 Å². The van der Waals surface area contributed by atoms with Crippen LogP contribution in [0.5, 0.6) is 0 Å². The molecule has 0 aromatic heterocycles. The molecule has 0 radical (unpaired) electrons. The fraction of sp³-hybridized carbons (Fsp3) is 0.643. The highest BCUT2D eigenvalue weighted by Crippen LogP contribution is 2.29. The average Bonchev–Trinajstić information content (AvgIpc) is 2.98. The maximum absolute atomic E-state index is 11.5. The molecule has 4 N–H and O–H groups in total. The van der Waals surface area contributed by atoms with Crippen LogP contribution in [0, 0.1) is 5.92 Å². The van der Waals surface area contributed by atoms with Gasteiger partial charge in [0, 0.05) is 25.0 Å². The molecule has 0 fully saturated rings. The van der Waals surface area contributed by atoms with Gasteiger partial charge in [0.15, 0.2) is 0 Å². The number of aliphatic hydroxyl groups is 1. The van der Waals surface area contributed by atoms with E-state index in [9.17, 15) is 19.5 Å². The van der Waals surface area contributed by atoms with Gasteiger partial charge in [0.1, 0.15) is 6.61 Å². The molecule has 9 heteroatoms. The third-order valence-electron chi connectivity index (χ3n) is 3.79. The highest BCUT2D eigenvalue weighted by Gasteiger charge is 2.34. The van der Waals surface area contributed by atoms with Crippen molar-refractivity contribution in [3.05, 3.63) is 11.6 Å². The van der Waals surface area contributed by atoms with Crippen LogP contribution in [-0.2, 0) is 19.1 Å². The van der Waals surface area contributed by atoms with E-state index in [4.69, 9.17) is 9.84 Å². The van der Waals surface area contributed by atoms with E-state index in [0.29, 0.717) is 18.4 Å². The lowest BCUT2D eigenvalue weighted by atomic mass is 9.92. The van der Waals surface area contributed by atoms with Gasteiger partial charge in [-0.2, -0.15) is 0 Å². The van der Waals surface area contributed by atoms with Crippen molar-refractivity contribution in [2.24, 2.45) is 5.92 Å². The Kier molecular flexibility index (Phi) is 7.77. The topological polar surface area (TPSA) is 125 Å². The van der Waals surface area contributed by atoms with Gasteiger partial charge in [0.25, 0.3) is 0 Å². The summed E-state index contributed by atoms with van der Waals surface area (Å²) in [5.74, 6) is -1.79. The lowest BCUT2D eigenvalue weighted by Crippen LogP contribution is -2.49. The Balaban J connectivity index is 2.89. The van der Waals surface area contributed by atoms with Crippen LogP contribution in [0.2, 0.25) is 0 Å². The number of carbonyl (C=O) groups excluding carboxylic acids is 2. The molecule has 0 saturated heterocycles. The zero-order valence-corrected chi connectivity index (χ0v) is 13.4. The van der Waals surface area contributed by atoms with E-state index < -0.39 is 18.1 Å². The standard InChI is InChI=1S/C14H23BN2O6/c1-8(19)16-13(9-2-3-10(6-9)14(21)22)11(4-5-18)23-7-12(20)17-15/h6,9,11,13,18H,2-5,7,15H2,1H3,(H,16,19)(H,17,20)(H,21,22)/t9?,11-,13-/m0/s1. The molecule has 0 heterocycles. The molecule has 3 atom stereocenters. The number of amides is 2. The largest absolute Gasteiger partial charge is 0.478 e. The van der Waals surface area contributed by atoms with E-state index >= 15 is 0 Å². The smallest absolute Gasteiger partial charge is 0.331 e. The highest BCUT2D eigenvalue weighted by molar-refractivity contribution is 6.14. The minimum atomic E-state index is -0.973. The van der Waals surface area contributed by atoms with E-state index in [0.717, 1.165) is 0 Å². The van der Waals surface area contributed by atoms with E-state index in [1.807, 2.05) is 0 Å². The molecule has 8 nitrogen and oxygen atoms in total. The number of aliphatic hydroxyl groups excluding tert-OH is 1. The second-order valence-electron chi connectivity index (χ2n) is 5.46. The average molecular weight is 326 g/mol. The molecule has 2 amide bonds. The Labute approximate surface area is 135 Å². The number of hydrogen-bond acceptors (Lipinski definition) is 5. The van der Waals surface area contributed by atoms with E-state index in [-0.39, 0.29) is 37.4 Å². The number of nitrogens with one attached hydrogen (secondary N) is 2. The second kappa shape index (κ2) is 9.31. The predicted molar refractivity (Wildman–Crippen MR) is 84.2 cm³/mol. The highest BCUT2D eigenvalue weighted by atomic mass is 16.5. The van der Waals surface area contributed by atoms with Gasteiger partial charge in [-0.1, -0.05) is 6.08 Å². The van der Waals surface area contributed by atoms with Gasteiger partial charge >= 0.3 is 5.97 Å². The van der Waals surface area contributed by atoms with Crippen molar-refractivity contribution < 1.29 is 29.3 Å². The molecule has 0 aromatic carbocycles. The normalized spacial score (nSPS) is 19.6. The minimum absolute atomic E-state index is 0.170. The molecule has 0 bridgehead atoms. The summed E-state index contributed by atoms with van der Waals surface area (Å²) in [6.45, 7) is 0.995. The van der Waals surface area contributed by atoms with Crippen molar-refractivity contribution in [3.63, 3.8) is 0 Å². The van der Waals surface area contributed by atoms with E-state index in [2.05, 4.69) is 10.5 Å². The molecule has 0 saturated carbocycles. The molecule has 0 spiro atoms. The molecule has 0 aromatic rings. The number of carboxylic acid groups (broad SMARTS) is 1. The van der Waals surface area contributed by atoms with Crippen LogP contribution in [0.3, 0.4) is 0 Å². The molecule has 1 rings (SSSR count). The molecular weight excluding hydrogens is 303 g/mol. The second-order valence-corrected chi connectivity index (χ2v) is 5.46. The number of ether oxygens (including phenoxy) is 1. The Morgan fingerprint density at radius 3 is 2.65 bits per heavy atom. The lowest BCUT2D eigenvalue weighted by molar-refractivity contribution is -0.133. The Morgan fingerprint density at radius 1 is 1.48 bits per heavy atom. The van der Waals surface area contributed by atoms with Gasteiger partial charge in [0.2, 0.25) is 19.8 Å². The third kappa shape index (κ3) is 6.03. The van der Waals surface area contributed by atoms with Crippen LogP contribution in [0.1, 0.15) is 26.2 Å². The van der Waals surface area contributed by atoms with Gasteiger partial charge in [-0.3, -0.25) is 9.59 Å². The number of carboxylic acids is 1. The summed E-state index contributed by atoms with van der Waals surface area (Å²) in [5, 5.41) is 23.5. The number of hydrogen-bond donors (Lipinski definition) is 4. The van der Waals surface area contributed by atoms with Crippen molar-refractivity contribution in [2.45, 2.75) is 38.3 Å². The molecular formula is C14H23BN2O6. The maximum atomic E-state index is 11.5.